The molecule has 1 atom stereocenters. The van der Waals surface area contributed by atoms with Crippen LogP contribution in [-0.4, -0.2) is 36.5 Å². The molecule has 2 rings (SSSR count). The maximum absolute atomic E-state index is 12.1. The molecule has 1 aliphatic heterocycles. The minimum atomic E-state index is -0.0274. The predicted octanol–water partition coefficient (Wildman–Crippen LogP) is 2.55. The van der Waals surface area contributed by atoms with E-state index in [0.717, 1.165) is 32.5 Å². The molecule has 0 aliphatic carbocycles. The van der Waals surface area contributed by atoms with Crippen molar-refractivity contribution >= 4 is 17.5 Å². The Morgan fingerprint density at radius 2 is 2.39 bits per heavy atom. The molecule has 1 aromatic rings. The van der Waals surface area contributed by atoms with Crippen LogP contribution in [0.4, 0.5) is 0 Å². The van der Waals surface area contributed by atoms with Crippen LogP contribution in [0.5, 0.6) is 0 Å². The van der Waals surface area contributed by atoms with E-state index in [1.54, 1.807) is 24.3 Å². The summed E-state index contributed by atoms with van der Waals surface area (Å²) >= 11 is 5.89. The van der Waals surface area contributed by atoms with E-state index in [1.165, 1.54) is 0 Å². The van der Waals surface area contributed by atoms with E-state index in [4.69, 9.17) is 11.6 Å². The van der Waals surface area contributed by atoms with Crippen LogP contribution in [0.25, 0.3) is 0 Å². The molecule has 4 heteroatoms. The number of amides is 1. The second-order valence-corrected chi connectivity index (χ2v) is 5.15. The largest absolute Gasteiger partial charge is 0.348 e. The lowest BCUT2D eigenvalue weighted by Gasteiger charge is -2.32. The topological polar surface area (TPSA) is 32.3 Å². The Labute approximate surface area is 113 Å². The van der Waals surface area contributed by atoms with Crippen molar-refractivity contribution in [2.24, 2.45) is 0 Å². The van der Waals surface area contributed by atoms with E-state index in [0.29, 0.717) is 10.6 Å². The fraction of sp³-hybridized carbons (Fsp3) is 0.500. The normalized spacial score (nSPS) is 20.7. The summed E-state index contributed by atoms with van der Waals surface area (Å²) in [6.45, 7) is 5.29. The van der Waals surface area contributed by atoms with Crippen LogP contribution in [-0.2, 0) is 0 Å². The van der Waals surface area contributed by atoms with Crippen molar-refractivity contribution < 1.29 is 4.79 Å². The molecule has 1 heterocycles. The summed E-state index contributed by atoms with van der Waals surface area (Å²) in [5.41, 5.74) is 0.635. The van der Waals surface area contributed by atoms with Crippen molar-refractivity contribution in [3.05, 3.63) is 34.9 Å². The molecule has 98 valence electrons. The number of hydrogen-bond acceptors (Lipinski definition) is 2. The highest BCUT2D eigenvalue weighted by atomic mass is 35.5. The van der Waals surface area contributed by atoms with Crippen LogP contribution >= 0.6 is 11.6 Å². The first-order valence-corrected chi connectivity index (χ1v) is 6.85. The Morgan fingerprint density at radius 3 is 3.11 bits per heavy atom. The third-order valence-corrected chi connectivity index (χ3v) is 3.61. The highest BCUT2D eigenvalue weighted by Crippen LogP contribution is 2.13. The Kier molecular flexibility index (Phi) is 4.61. The first kappa shape index (κ1) is 13.4. The molecule has 1 aromatic carbocycles. The van der Waals surface area contributed by atoms with E-state index in [2.05, 4.69) is 17.1 Å². The van der Waals surface area contributed by atoms with Crippen LogP contribution in [0, 0.1) is 0 Å². The Balaban J connectivity index is 1.95. The smallest absolute Gasteiger partial charge is 0.251 e. The van der Waals surface area contributed by atoms with Crippen molar-refractivity contribution in [1.29, 1.82) is 0 Å². The molecule has 1 aliphatic rings. The SMILES string of the molecule is CCN1CCCC(NC(=O)c2cccc(Cl)c2)C1. The molecule has 0 radical (unpaired) electrons. The number of benzene rings is 1. The van der Waals surface area contributed by atoms with Crippen LogP contribution < -0.4 is 5.32 Å². The summed E-state index contributed by atoms with van der Waals surface area (Å²) in [5, 5.41) is 3.69. The van der Waals surface area contributed by atoms with Crippen LogP contribution in [0.2, 0.25) is 5.02 Å². The van der Waals surface area contributed by atoms with Crippen LogP contribution in [0.1, 0.15) is 30.1 Å². The van der Waals surface area contributed by atoms with Crippen molar-refractivity contribution in [3.8, 4) is 0 Å². The van der Waals surface area contributed by atoms with Crippen molar-refractivity contribution in [2.75, 3.05) is 19.6 Å². The fourth-order valence-corrected chi connectivity index (χ4v) is 2.55. The van der Waals surface area contributed by atoms with E-state index < -0.39 is 0 Å². The molecule has 0 spiro atoms. The van der Waals surface area contributed by atoms with Gasteiger partial charge in [-0.3, -0.25) is 4.79 Å². The number of halogens is 1. The van der Waals surface area contributed by atoms with Crippen molar-refractivity contribution in [2.45, 2.75) is 25.8 Å². The number of likely N-dealkylation sites (tertiary alicyclic amines) is 1. The Bertz CT molecular complexity index is 422. The zero-order valence-corrected chi connectivity index (χ0v) is 11.4. The predicted molar refractivity (Wildman–Crippen MR) is 74.1 cm³/mol. The van der Waals surface area contributed by atoms with E-state index in [1.807, 2.05) is 0 Å². The van der Waals surface area contributed by atoms with Crippen molar-refractivity contribution in [3.63, 3.8) is 0 Å². The average molecular weight is 267 g/mol. The standard InChI is InChI=1S/C14H19ClN2O/c1-2-17-8-4-7-13(10-17)16-14(18)11-5-3-6-12(15)9-11/h3,5-6,9,13H,2,4,7-8,10H2,1H3,(H,16,18). The summed E-state index contributed by atoms with van der Waals surface area (Å²) in [6, 6.07) is 7.33. The van der Waals surface area contributed by atoms with Crippen molar-refractivity contribution in [1.82, 2.24) is 10.2 Å². The molecular weight excluding hydrogens is 248 g/mol. The molecule has 0 bridgehead atoms. The summed E-state index contributed by atoms with van der Waals surface area (Å²) in [5.74, 6) is -0.0274. The van der Waals surface area contributed by atoms with Gasteiger partial charge in [-0.1, -0.05) is 24.6 Å². The van der Waals surface area contributed by atoms with Gasteiger partial charge in [0.2, 0.25) is 0 Å². The number of hydrogen-bond donors (Lipinski definition) is 1. The lowest BCUT2D eigenvalue weighted by molar-refractivity contribution is 0.0906. The summed E-state index contributed by atoms with van der Waals surface area (Å²) in [7, 11) is 0. The quantitative estimate of drug-likeness (QED) is 0.912. The second kappa shape index (κ2) is 6.21. The van der Waals surface area contributed by atoms with Crippen LogP contribution in [0.3, 0.4) is 0 Å². The number of rotatable bonds is 3. The van der Waals surface area contributed by atoms with Gasteiger partial charge in [0, 0.05) is 23.2 Å². The molecule has 1 unspecified atom stereocenters. The molecule has 1 N–H and O–H groups in total. The number of nitrogens with one attached hydrogen (secondary N) is 1. The molecule has 3 nitrogen and oxygen atoms in total. The first-order chi connectivity index (χ1) is 8.69. The van der Waals surface area contributed by atoms with Gasteiger partial charge in [0.1, 0.15) is 0 Å². The van der Waals surface area contributed by atoms with Gasteiger partial charge in [0.25, 0.3) is 5.91 Å². The third-order valence-electron chi connectivity index (χ3n) is 3.37. The lowest BCUT2D eigenvalue weighted by atomic mass is 10.1. The second-order valence-electron chi connectivity index (χ2n) is 4.72. The highest BCUT2D eigenvalue weighted by molar-refractivity contribution is 6.30. The molecule has 1 saturated heterocycles. The number of nitrogens with zero attached hydrogens (tertiary/aromatic N) is 1. The van der Waals surface area contributed by atoms with E-state index >= 15 is 0 Å². The Hall–Kier alpha value is -1.06. The third kappa shape index (κ3) is 3.47. The van der Waals surface area contributed by atoms with Gasteiger partial charge in [-0.15, -0.1) is 0 Å². The molecule has 0 saturated carbocycles. The number of piperidine rings is 1. The van der Waals surface area contributed by atoms with Crippen LogP contribution in [0.15, 0.2) is 24.3 Å². The summed E-state index contributed by atoms with van der Waals surface area (Å²) in [4.78, 5) is 14.4. The van der Waals surface area contributed by atoms with E-state index in [9.17, 15) is 4.79 Å². The fourth-order valence-electron chi connectivity index (χ4n) is 2.36. The number of carbonyl (C=O) groups excluding carboxylic acids is 1. The van der Waals surface area contributed by atoms with Gasteiger partial charge in [-0.25, -0.2) is 0 Å². The molecule has 18 heavy (non-hydrogen) atoms. The lowest BCUT2D eigenvalue weighted by Crippen LogP contribution is -2.47. The van der Waals surface area contributed by atoms with Gasteiger partial charge in [-0.2, -0.15) is 0 Å². The number of likely N-dealkylation sites (N-methyl/N-ethyl adjacent to an activating group) is 1. The highest BCUT2D eigenvalue weighted by Gasteiger charge is 2.20. The minimum Gasteiger partial charge on any atom is -0.348 e. The molecular formula is C14H19ClN2O. The molecule has 1 amide bonds. The molecule has 0 aromatic heterocycles. The molecule has 1 fully saturated rings. The number of carbonyl (C=O) groups is 1. The minimum absolute atomic E-state index is 0.0274. The maximum Gasteiger partial charge on any atom is 0.251 e. The monoisotopic (exact) mass is 266 g/mol. The maximum atomic E-state index is 12.1. The average Bonchev–Trinajstić information content (AvgIpc) is 2.39. The van der Waals surface area contributed by atoms with Gasteiger partial charge in [0.15, 0.2) is 0 Å². The zero-order chi connectivity index (χ0) is 13.0. The van der Waals surface area contributed by atoms with Gasteiger partial charge in [-0.05, 0) is 44.1 Å². The summed E-state index contributed by atoms with van der Waals surface area (Å²) in [6.07, 6.45) is 2.21. The summed E-state index contributed by atoms with van der Waals surface area (Å²) < 4.78 is 0. The Morgan fingerprint density at radius 1 is 1.56 bits per heavy atom. The van der Waals surface area contributed by atoms with Gasteiger partial charge < -0.3 is 10.2 Å². The van der Waals surface area contributed by atoms with E-state index in [-0.39, 0.29) is 11.9 Å². The zero-order valence-electron chi connectivity index (χ0n) is 10.7. The van der Waals surface area contributed by atoms with Gasteiger partial charge >= 0.3 is 0 Å². The first-order valence-electron chi connectivity index (χ1n) is 6.48. The van der Waals surface area contributed by atoms with Gasteiger partial charge in [0.05, 0.1) is 0 Å².